The molecule has 0 spiro atoms. The van der Waals surface area contributed by atoms with Gasteiger partial charge in [-0.2, -0.15) is 0 Å². The van der Waals surface area contributed by atoms with Crippen molar-refractivity contribution in [3.63, 3.8) is 0 Å². The molecule has 0 saturated carbocycles. The van der Waals surface area contributed by atoms with Gasteiger partial charge < -0.3 is 4.74 Å². The summed E-state index contributed by atoms with van der Waals surface area (Å²) in [5.74, 6) is 1.82. The van der Waals surface area contributed by atoms with Crippen molar-refractivity contribution in [2.45, 2.75) is 5.41 Å². The van der Waals surface area contributed by atoms with Gasteiger partial charge in [0.2, 0.25) is 0 Å². The van der Waals surface area contributed by atoms with Crippen molar-refractivity contribution in [3.8, 4) is 44.9 Å². The first-order valence-corrected chi connectivity index (χ1v) is 14.5. The molecule has 2 aliphatic rings. The Morgan fingerprint density at radius 2 is 1.02 bits per heavy atom. The largest absolute Gasteiger partial charge is 0.456 e. The van der Waals surface area contributed by atoms with Crippen LogP contribution >= 0.6 is 0 Å². The third kappa shape index (κ3) is 3.08. The molecule has 1 heterocycles. The molecule has 42 heavy (non-hydrogen) atoms. The molecule has 7 aromatic carbocycles. The number of hydrogen-bond donors (Lipinski definition) is 0. The van der Waals surface area contributed by atoms with E-state index in [4.69, 9.17) is 4.74 Å². The molecule has 7 aromatic rings. The van der Waals surface area contributed by atoms with Gasteiger partial charge in [0.1, 0.15) is 11.5 Å². The number of fused-ring (bicyclic) bond motifs is 5. The number of benzene rings is 7. The maximum atomic E-state index is 6.61. The van der Waals surface area contributed by atoms with Crippen molar-refractivity contribution in [2.75, 3.05) is 0 Å². The molecule has 1 nitrogen and oxygen atoms in total. The normalized spacial score (nSPS) is 13.6. The summed E-state index contributed by atoms with van der Waals surface area (Å²) in [4.78, 5) is 0. The quantitative estimate of drug-likeness (QED) is 0.219. The fourth-order valence-electron chi connectivity index (χ4n) is 7.47. The monoisotopic (exact) mass is 534 g/mol. The molecule has 0 atom stereocenters. The zero-order valence-electron chi connectivity index (χ0n) is 22.9. The molecule has 0 saturated heterocycles. The van der Waals surface area contributed by atoms with Gasteiger partial charge in [0.05, 0.1) is 5.41 Å². The van der Waals surface area contributed by atoms with Crippen molar-refractivity contribution < 1.29 is 4.74 Å². The zero-order chi connectivity index (χ0) is 27.7. The number of ether oxygens (including phenoxy) is 1. The molecular formula is C41H26O. The van der Waals surface area contributed by atoms with E-state index < -0.39 is 5.41 Å². The van der Waals surface area contributed by atoms with Crippen LogP contribution in [0.25, 0.3) is 44.2 Å². The van der Waals surface area contributed by atoms with E-state index in [0.29, 0.717) is 0 Å². The van der Waals surface area contributed by atoms with Gasteiger partial charge >= 0.3 is 0 Å². The highest BCUT2D eigenvalue weighted by Crippen LogP contribution is 2.59. The lowest BCUT2D eigenvalue weighted by Gasteiger charge is -2.35. The predicted molar refractivity (Wildman–Crippen MR) is 172 cm³/mol. The zero-order valence-corrected chi connectivity index (χ0v) is 22.9. The van der Waals surface area contributed by atoms with Crippen LogP contribution in [-0.4, -0.2) is 0 Å². The number of rotatable bonds is 3. The van der Waals surface area contributed by atoms with Gasteiger partial charge in [0.15, 0.2) is 0 Å². The minimum absolute atomic E-state index is 0.458. The second-order valence-electron chi connectivity index (χ2n) is 11.2. The SMILES string of the molecule is c1ccc(C2(c3ccccc3)c3ccccc3-c3cccc(-c4ccc5c(c4)Oc4cccc6cccc-5c46)c32)cc1. The fourth-order valence-corrected chi connectivity index (χ4v) is 7.47. The van der Waals surface area contributed by atoms with E-state index >= 15 is 0 Å². The maximum absolute atomic E-state index is 6.61. The topological polar surface area (TPSA) is 9.23 Å². The van der Waals surface area contributed by atoms with Crippen molar-refractivity contribution in [1.82, 2.24) is 0 Å². The van der Waals surface area contributed by atoms with Crippen molar-refractivity contribution >= 4 is 10.8 Å². The molecule has 0 aromatic heterocycles. The summed E-state index contributed by atoms with van der Waals surface area (Å²) in [6.45, 7) is 0. The summed E-state index contributed by atoms with van der Waals surface area (Å²) in [6, 6.07) is 57.2. The summed E-state index contributed by atoms with van der Waals surface area (Å²) >= 11 is 0. The number of hydrogen-bond acceptors (Lipinski definition) is 1. The summed E-state index contributed by atoms with van der Waals surface area (Å²) in [6.07, 6.45) is 0. The van der Waals surface area contributed by atoms with E-state index in [9.17, 15) is 0 Å². The van der Waals surface area contributed by atoms with Gasteiger partial charge in [-0.25, -0.2) is 0 Å². The van der Waals surface area contributed by atoms with Gasteiger partial charge in [0.25, 0.3) is 0 Å². The van der Waals surface area contributed by atoms with Crippen LogP contribution in [0, 0.1) is 0 Å². The smallest absolute Gasteiger partial charge is 0.135 e. The second kappa shape index (κ2) is 8.80. The summed E-state index contributed by atoms with van der Waals surface area (Å²) in [5, 5.41) is 2.39. The molecule has 0 N–H and O–H groups in total. The van der Waals surface area contributed by atoms with Gasteiger partial charge in [-0.3, -0.25) is 0 Å². The lowest BCUT2D eigenvalue weighted by atomic mass is 9.66. The van der Waals surface area contributed by atoms with E-state index in [2.05, 4.69) is 158 Å². The Hall–Kier alpha value is -5.40. The highest BCUT2D eigenvalue weighted by Gasteiger charge is 2.47. The van der Waals surface area contributed by atoms with E-state index in [1.54, 1.807) is 0 Å². The fraction of sp³-hybridized carbons (Fsp3) is 0.0244. The first-order chi connectivity index (χ1) is 20.8. The Kier molecular flexibility index (Phi) is 4.88. The standard InChI is InChI=1S/C41H26O/c1-3-14-29(15-4-1)41(30-16-5-2-6-17-30)36-22-8-7-18-32(36)35-21-11-19-31(40(35)41)28-24-25-33-34-20-9-12-27-13-10-23-37(39(27)34)42-38(33)26-28/h1-26H. The maximum Gasteiger partial charge on any atom is 0.135 e. The highest BCUT2D eigenvalue weighted by atomic mass is 16.5. The Morgan fingerprint density at radius 3 is 1.81 bits per heavy atom. The molecule has 1 aliphatic carbocycles. The van der Waals surface area contributed by atoms with Crippen LogP contribution in [0.1, 0.15) is 22.3 Å². The molecule has 196 valence electrons. The predicted octanol–water partition coefficient (Wildman–Crippen LogP) is 10.6. The third-order valence-corrected chi connectivity index (χ3v) is 9.14. The van der Waals surface area contributed by atoms with Crippen LogP contribution in [0.2, 0.25) is 0 Å². The third-order valence-electron chi connectivity index (χ3n) is 9.14. The first kappa shape index (κ1) is 23.3. The highest BCUT2D eigenvalue weighted by molar-refractivity contribution is 6.04. The van der Waals surface area contributed by atoms with Crippen LogP contribution in [0.5, 0.6) is 11.5 Å². The molecule has 0 bridgehead atoms. The van der Waals surface area contributed by atoms with Gasteiger partial charge in [-0.15, -0.1) is 0 Å². The molecule has 0 radical (unpaired) electrons. The van der Waals surface area contributed by atoms with Crippen LogP contribution in [0.4, 0.5) is 0 Å². The average molecular weight is 535 g/mol. The van der Waals surface area contributed by atoms with E-state index in [-0.39, 0.29) is 0 Å². The van der Waals surface area contributed by atoms with Crippen LogP contribution in [0.3, 0.4) is 0 Å². The van der Waals surface area contributed by atoms with E-state index in [1.807, 2.05) is 0 Å². The Morgan fingerprint density at radius 1 is 0.405 bits per heavy atom. The minimum atomic E-state index is -0.458. The van der Waals surface area contributed by atoms with Crippen molar-refractivity contribution in [3.05, 3.63) is 180 Å². The van der Waals surface area contributed by atoms with E-state index in [1.165, 1.54) is 55.3 Å². The minimum Gasteiger partial charge on any atom is -0.456 e. The first-order valence-electron chi connectivity index (χ1n) is 14.5. The van der Waals surface area contributed by atoms with Gasteiger partial charge in [-0.05, 0) is 73.7 Å². The van der Waals surface area contributed by atoms with E-state index in [0.717, 1.165) is 22.6 Å². The Labute approximate surface area is 245 Å². The van der Waals surface area contributed by atoms with Crippen LogP contribution in [0.15, 0.2) is 158 Å². The molecule has 9 rings (SSSR count). The second-order valence-corrected chi connectivity index (χ2v) is 11.2. The molecule has 0 fully saturated rings. The average Bonchev–Trinajstić information content (AvgIpc) is 3.37. The van der Waals surface area contributed by atoms with Crippen LogP contribution in [-0.2, 0) is 5.41 Å². The Balaban J connectivity index is 1.34. The van der Waals surface area contributed by atoms with Crippen LogP contribution < -0.4 is 4.74 Å². The van der Waals surface area contributed by atoms with Gasteiger partial charge in [0, 0.05) is 10.9 Å². The lowest BCUT2D eigenvalue weighted by Crippen LogP contribution is -2.29. The lowest BCUT2D eigenvalue weighted by molar-refractivity contribution is 0.487. The molecule has 0 unspecified atom stereocenters. The molecule has 1 heteroatoms. The van der Waals surface area contributed by atoms with Crippen molar-refractivity contribution in [2.24, 2.45) is 0 Å². The molecular weight excluding hydrogens is 508 g/mol. The summed E-state index contributed by atoms with van der Waals surface area (Å²) < 4.78 is 6.61. The van der Waals surface area contributed by atoms with Crippen molar-refractivity contribution in [1.29, 1.82) is 0 Å². The van der Waals surface area contributed by atoms with Gasteiger partial charge in [-0.1, -0.05) is 140 Å². The Bertz CT molecular complexity index is 2110. The summed E-state index contributed by atoms with van der Waals surface area (Å²) in [7, 11) is 0. The molecule has 0 amide bonds. The summed E-state index contributed by atoms with van der Waals surface area (Å²) in [5.41, 5.74) is 12.0. The molecule has 1 aliphatic heterocycles.